The number of para-hydroxylation sites is 1. The Hall–Kier alpha value is -3.04. The van der Waals surface area contributed by atoms with Crippen LogP contribution in [0.2, 0.25) is 0 Å². The van der Waals surface area contributed by atoms with Crippen molar-refractivity contribution in [1.29, 1.82) is 0 Å². The van der Waals surface area contributed by atoms with Crippen molar-refractivity contribution in [3.05, 3.63) is 71.1 Å². The maximum atomic E-state index is 12.8. The van der Waals surface area contributed by atoms with E-state index in [9.17, 15) is 8.42 Å². The summed E-state index contributed by atoms with van der Waals surface area (Å²) in [5.74, 6) is 0.448. The highest BCUT2D eigenvalue weighted by atomic mass is 32.2. The highest BCUT2D eigenvalue weighted by Crippen LogP contribution is 2.30. The SMILES string of the molecule is COc1ccccc1-c1noc(CS(=O)(=O)Cc2sc(-c3ccccc3)nc2C)n1. The van der Waals surface area contributed by atoms with Gasteiger partial charge in [-0.15, -0.1) is 11.3 Å². The standard InChI is InChI=1S/C21H19N3O4S2/c1-14-18(29-21(22-14)15-8-4-3-5-9-15)12-30(25,26)13-19-23-20(24-28-19)16-10-6-7-11-17(16)27-2/h3-11H,12-13H2,1-2H3. The van der Waals surface area contributed by atoms with E-state index < -0.39 is 9.84 Å². The fourth-order valence-corrected chi connectivity index (χ4v) is 5.80. The zero-order chi connectivity index (χ0) is 21.1. The van der Waals surface area contributed by atoms with Crippen molar-refractivity contribution >= 4 is 21.2 Å². The Kier molecular flexibility index (Phi) is 5.65. The second-order valence-corrected chi connectivity index (χ2v) is 9.79. The minimum atomic E-state index is -3.52. The lowest BCUT2D eigenvalue weighted by atomic mass is 10.2. The van der Waals surface area contributed by atoms with Gasteiger partial charge in [-0.2, -0.15) is 4.98 Å². The molecule has 4 aromatic rings. The van der Waals surface area contributed by atoms with E-state index in [1.807, 2.05) is 49.4 Å². The molecule has 2 heterocycles. The van der Waals surface area contributed by atoms with E-state index in [1.54, 1.807) is 19.2 Å². The molecule has 30 heavy (non-hydrogen) atoms. The first-order valence-electron chi connectivity index (χ1n) is 9.13. The zero-order valence-corrected chi connectivity index (χ0v) is 18.0. The number of methoxy groups -OCH3 is 1. The Morgan fingerprint density at radius 3 is 2.50 bits per heavy atom. The quantitative estimate of drug-likeness (QED) is 0.422. The average Bonchev–Trinajstić information content (AvgIpc) is 3.34. The Labute approximate surface area is 178 Å². The largest absolute Gasteiger partial charge is 0.496 e. The van der Waals surface area contributed by atoms with Gasteiger partial charge in [0.2, 0.25) is 11.7 Å². The fraction of sp³-hybridized carbons (Fsp3) is 0.190. The van der Waals surface area contributed by atoms with Crippen LogP contribution in [0.25, 0.3) is 22.0 Å². The summed E-state index contributed by atoms with van der Waals surface area (Å²) in [4.78, 5) is 9.47. The van der Waals surface area contributed by atoms with E-state index in [1.165, 1.54) is 11.3 Å². The van der Waals surface area contributed by atoms with E-state index in [2.05, 4.69) is 15.1 Å². The van der Waals surface area contributed by atoms with Gasteiger partial charge in [0.15, 0.2) is 9.84 Å². The van der Waals surface area contributed by atoms with Gasteiger partial charge in [-0.1, -0.05) is 47.6 Å². The van der Waals surface area contributed by atoms with Crippen molar-refractivity contribution in [3.8, 4) is 27.7 Å². The second-order valence-electron chi connectivity index (χ2n) is 6.64. The molecule has 0 radical (unpaired) electrons. The lowest BCUT2D eigenvalue weighted by molar-refractivity contribution is 0.388. The summed E-state index contributed by atoms with van der Waals surface area (Å²) >= 11 is 1.38. The molecule has 2 aromatic heterocycles. The van der Waals surface area contributed by atoms with Crippen LogP contribution in [-0.4, -0.2) is 30.7 Å². The van der Waals surface area contributed by atoms with Crippen LogP contribution in [0.15, 0.2) is 59.1 Å². The van der Waals surface area contributed by atoms with Gasteiger partial charge < -0.3 is 9.26 Å². The van der Waals surface area contributed by atoms with Crippen molar-refractivity contribution in [2.24, 2.45) is 0 Å². The minimum absolute atomic E-state index is 0.0429. The molecule has 0 aliphatic heterocycles. The molecule has 0 N–H and O–H groups in total. The minimum Gasteiger partial charge on any atom is -0.496 e. The van der Waals surface area contributed by atoms with Crippen molar-refractivity contribution in [2.45, 2.75) is 18.4 Å². The molecule has 7 nitrogen and oxygen atoms in total. The first-order valence-corrected chi connectivity index (χ1v) is 11.8. The molecular weight excluding hydrogens is 422 g/mol. The van der Waals surface area contributed by atoms with E-state index in [-0.39, 0.29) is 23.2 Å². The van der Waals surface area contributed by atoms with E-state index in [4.69, 9.17) is 9.26 Å². The lowest BCUT2D eigenvalue weighted by Gasteiger charge is -2.03. The summed E-state index contributed by atoms with van der Waals surface area (Å²) in [6.07, 6.45) is 0. The van der Waals surface area contributed by atoms with Gasteiger partial charge in [-0.25, -0.2) is 13.4 Å². The summed E-state index contributed by atoms with van der Waals surface area (Å²) in [7, 11) is -1.97. The molecule has 0 spiro atoms. The van der Waals surface area contributed by atoms with Crippen molar-refractivity contribution in [1.82, 2.24) is 15.1 Å². The Bertz CT molecular complexity index is 1260. The summed E-state index contributed by atoms with van der Waals surface area (Å²) in [5, 5.41) is 4.71. The maximum Gasteiger partial charge on any atom is 0.242 e. The molecule has 0 atom stereocenters. The van der Waals surface area contributed by atoms with Crippen LogP contribution in [0, 0.1) is 6.92 Å². The Morgan fingerprint density at radius 2 is 1.73 bits per heavy atom. The molecule has 0 bridgehead atoms. The third-order valence-corrected chi connectivity index (χ3v) is 7.23. The number of benzene rings is 2. The zero-order valence-electron chi connectivity index (χ0n) is 16.4. The third kappa shape index (κ3) is 4.42. The normalized spacial score (nSPS) is 11.5. The number of sulfone groups is 1. The lowest BCUT2D eigenvalue weighted by Crippen LogP contribution is -2.07. The molecule has 0 saturated heterocycles. The molecule has 0 aliphatic carbocycles. The van der Waals surface area contributed by atoms with Crippen LogP contribution in [0.3, 0.4) is 0 Å². The summed E-state index contributed by atoms with van der Waals surface area (Å²) < 4.78 is 36.0. The molecule has 0 amide bonds. The molecule has 154 valence electrons. The Balaban J connectivity index is 1.52. The van der Waals surface area contributed by atoms with Crippen molar-refractivity contribution in [2.75, 3.05) is 7.11 Å². The predicted molar refractivity (Wildman–Crippen MR) is 115 cm³/mol. The van der Waals surface area contributed by atoms with Gasteiger partial charge >= 0.3 is 0 Å². The maximum absolute atomic E-state index is 12.8. The number of hydrogen-bond acceptors (Lipinski definition) is 8. The average molecular weight is 442 g/mol. The molecule has 4 rings (SSSR count). The number of hydrogen-bond donors (Lipinski definition) is 0. The molecule has 0 aliphatic rings. The Morgan fingerprint density at radius 1 is 1.00 bits per heavy atom. The fourth-order valence-electron chi connectivity index (χ4n) is 2.96. The number of thiazole rings is 1. The summed E-state index contributed by atoms with van der Waals surface area (Å²) in [6, 6.07) is 16.9. The van der Waals surface area contributed by atoms with Gasteiger partial charge in [0.1, 0.15) is 16.5 Å². The van der Waals surface area contributed by atoms with E-state index >= 15 is 0 Å². The highest BCUT2D eigenvalue weighted by Gasteiger charge is 2.22. The van der Waals surface area contributed by atoms with Gasteiger partial charge in [0.05, 0.1) is 24.1 Å². The number of aromatic nitrogens is 3. The molecule has 9 heteroatoms. The first kappa shape index (κ1) is 20.2. The third-order valence-electron chi connectivity index (χ3n) is 4.42. The molecule has 2 aromatic carbocycles. The number of rotatable bonds is 7. The van der Waals surface area contributed by atoms with Crippen LogP contribution in [0.4, 0.5) is 0 Å². The monoisotopic (exact) mass is 441 g/mol. The van der Waals surface area contributed by atoms with Gasteiger partial charge in [-0.05, 0) is 19.1 Å². The smallest absolute Gasteiger partial charge is 0.242 e. The number of nitrogens with zero attached hydrogens (tertiary/aromatic N) is 3. The molecular formula is C21H19N3O4S2. The molecule has 0 unspecified atom stereocenters. The predicted octanol–water partition coefficient (Wildman–Crippen LogP) is 4.29. The van der Waals surface area contributed by atoms with Gasteiger partial charge in [-0.3, -0.25) is 0 Å². The van der Waals surface area contributed by atoms with Crippen molar-refractivity contribution < 1.29 is 17.7 Å². The second kappa shape index (κ2) is 8.37. The van der Waals surface area contributed by atoms with Crippen LogP contribution in [-0.2, 0) is 21.3 Å². The molecule has 0 saturated carbocycles. The van der Waals surface area contributed by atoms with Crippen molar-refractivity contribution in [3.63, 3.8) is 0 Å². The van der Waals surface area contributed by atoms with Crippen LogP contribution >= 0.6 is 11.3 Å². The first-order chi connectivity index (χ1) is 14.4. The number of ether oxygens (including phenoxy) is 1. The number of aryl methyl sites for hydroxylation is 1. The summed E-state index contributed by atoms with van der Waals surface area (Å²) in [5.41, 5.74) is 2.31. The van der Waals surface area contributed by atoms with E-state index in [0.29, 0.717) is 21.9 Å². The van der Waals surface area contributed by atoms with E-state index in [0.717, 1.165) is 10.6 Å². The van der Waals surface area contributed by atoms with Crippen LogP contribution in [0.5, 0.6) is 5.75 Å². The topological polar surface area (TPSA) is 95.2 Å². The van der Waals surface area contributed by atoms with Crippen LogP contribution in [0.1, 0.15) is 16.5 Å². The van der Waals surface area contributed by atoms with Gasteiger partial charge in [0.25, 0.3) is 0 Å². The highest BCUT2D eigenvalue weighted by molar-refractivity contribution is 7.89. The van der Waals surface area contributed by atoms with Crippen LogP contribution < -0.4 is 4.74 Å². The summed E-state index contributed by atoms with van der Waals surface area (Å²) in [6.45, 7) is 1.82. The molecule has 0 fully saturated rings. The van der Waals surface area contributed by atoms with Gasteiger partial charge in [0, 0.05) is 10.4 Å².